The van der Waals surface area contributed by atoms with Crippen LogP contribution >= 0.6 is 11.3 Å². The van der Waals surface area contributed by atoms with E-state index in [9.17, 15) is 18.5 Å². The second kappa shape index (κ2) is 5.10. The number of hydrogen-bond donors (Lipinski definition) is 1. The van der Waals surface area contributed by atoms with Crippen LogP contribution < -0.4 is 10.0 Å². The zero-order valence-electron chi connectivity index (χ0n) is 10.4. The van der Waals surface area contributed by atoms with E-state index < -0.39 is 20.6 Å². The molecule has 0 aliphatic rings. The lowest BCUT2D eigenvalue weighted by Gasteiger charge is -2.17. The van der Waals surface area contributed by atoms with Gasteiger partial charge in [-0.3, -0.25) is 14.4 Å². The summed E-state index contributed by atoms with van der Waals surface area (Å²) >= 11 is 0.679. The van der Waals surface area contributed by atoms with Crippen LogP contribution in [-0.4, -0.2) is 20.4 Å². The Labute approximate surface area is 119 Å². The summed E-state index contributed by atoms with van der Waals surface area (Å²) in [5.41, 5.74) is 5.54. The maximum Gasteiger partial charge on any atom is 0.304 e. The van der Waals surface area contributed by atoms with Gasteiger partial charge in [0.05, 0.1) is 10.6 Å². The lowest BCUT2D eigenvalue weighted by atomic mass is 10.3. The van der Waals surface area contributed by atoms with Crippen molar-refractivity contribution in [2.75, 3.05) is 17.1 Å². The molecule has 0 radical (unpaired) electrons. The fraction of sp³-hybridized carbons (Fsp3) is 0.0909. The first-order valence-electron chi connectivity index (χ1n) is 5.41. The maximum absolute atomic E-state index is 12.4. The Balaban J connectivity index is 2.46. The molecule has 9 heteroatoms. The first kappa shape index (κ1) is 14.3. The molecule has 1 heterocycles. The van der Waals surface area contributed by atoms with Crippen molar-refractivity contribution in [1.82, 2.24) is 0 Å². The van der Waals surface area contributed by atoms with E-state index in [0.29, 0.717) is 17.0 Å². The summed E-state index contributed by atoms with van der Waals surface area (Å²) in [6.45, 7) is 0. The highest BCUT2D eigenvalue weighted by atomic mass is 32.2. The predicted octanol–water partition coefficient (Wildman–Crippen LogP) is 2.06. The van der Waals surface area contributed by atoms with E-state index in [-0.39, 0.29) is 9.21 Å². The molecule has 106 valence electrons. The van der Waals surface area contributed by atoms with Gasteiger partial charge in [-0.25, -0.2) is 8.42 Å². The third-order valence-electron chi connectivity index (χ3n) is 2.65. The molecule has 0 aliphatic heterocycles. The van der Waals surface area contributed by atoms with Crippen LogP contribution in [0.15, 0.2) is 40.6 Å². The summed E-state index contributed by atoms with van der Waals surface area (Å²) in [7, 11) is -2.48. The number of para-hydroxylation sites is 1. The Hall–Kier alpha value is -2.13. The number of hydrogen-bond acceptors (Lipinski definition) is 6. The highest BCUT2D eigenvalue weighted by Crippen LogP contribution is 2.36. The van der Waals surface area contributed by atoms with E-state index in [4.69, 9.17) is 5.73 Å². The van der Waals surface area contributed by atoms with Crippen molar-refractivity contribution in [3.63, 3.8) is 0 Å². The van der Waals surface area contributed by atoms with Crippen molar-refractivity contribution in [3.8, 4) is 0 Å². The summed E-state index contributed by atoms with van der Waals surface area (Å²) in [5, 5.41) is 10.6. The molecule has 0 bridgehead atoms. The summed E-state index contributed by atoms with van der Waals surface area (Å²) in [6.07, 6.45) is 0. The van der Waals surface area contributed by atoms with Crippen molar-refractivity contribution in [2.24, 2.45) is 0 Å². The van der Waals surface area contributed by atoms with Crippen molar-refractivity contribution in [2.45, 2.75) is 4.21 Å². The molecule has 0 fully saturated rings. The second-order valence-corrected chi connectivity index (χ2v) is 7.16. The van der Waals surface area contributed by atoms with E-state index in [2.05, 4.69) is 0 Å². The molecular formula is C11H11N3O4S2. The van der Waals surface area contributed by atoms with Crippen LogP contribution in [-0.2, 0) is 10.0 Å². The molecule has 1 aromatic carbocycles. The normalized spacial score (nSPS) is 11.2. The van der Waals surface area contributed by atoms with Gasteiger partial charge in [-0.2, -0.15) is 0 Å². The number of nitrogen functional groups attached to an aromatic ring is 1. The molecule has 0 spiro atoms. The van der Waals surface area contributed by atoms with Gasteiger partial charge in [-0.1, -0.05) is 29.5 Å². The highest BCUT2D eigenvalue weighted by Gasteiger charge is 2.28. The highest BCUT2D eigenvalue weighted by molar-refractivity contribution is 7.94. The number of thiophene rings is 1. The van der Waals surface area contributed by atoms with Crippen LogP contribution in [0, 0.1) is 10.1 Å². The number of anilines is 2. The van der Waals surface area contributed by atoms with Gasteiger partial charge in [0.2, 0.25) is 0 Å². The van der Waals surface area contributed by atoms with Gasteiger partial charge in [-0.05, 0) is 12.1 Å². The van der Waals surface area contributed by atoms with Gasteiger partial charge < -0.3 is 5.73 Å². The second-order valence-electron chi connectivity index (χ2n) is 3.88. The molecule has 2 N–H and O–H groups in total. The van der Waals surface area contributed by atoms with Gasteiger partial charge in [0, 0.05) is 13.1 Å². The fourth-order valence-corrected chi connectivity index (χ4v) is 4.14. The largest absolute Gasteiger partial charge is 0.385 e. The van der Waals surface area contributed by atoms with Crippen molar-refractivity contribution < 1.29 is 13.3 Å². The Kier molecular flexibility index (Phi) is 3.64. The number of nitrogens with two attached hydrogens (primary N) is 1. The topological polar surface area (TPSA) is 107 Å². The van der Waals surface area contributed by atoms with E-state index in [0.717, 1.165) is 10.4 Å². The maximum atomic E-state index is 12.4. The molecule has 1 aromatic heterocycles. The number of benzene rings is 1. The molecule has 0 saturated heterocycles. The first-order valence-corrected chi connectivity index (χ1v) is 7.67. The average Bonchev–Trinajstić information content (AvgIpc) is 2.82. The van der Waals surface area contributed by atoms with Gasteiger partial charge in [0.15, 0.2) is 5.00 Å². The Morgan fingerprint density at radius 1 is 1.30 bits per heavy atom. The molecule has 7 nitrogen and oxygen atoms in total. The summed E-state index contributed by atoms with van der Waals surface area (Å²) in [4.78, 5) is 10.0. The van der Waals surface area contributed by atoms with E-state index in [1.165, 1.54) is 7.05 Å². The van der Waals surface area contributed by atoms with Crippen molar-refractivity contribution >= 4 is 37.7 Å². The van der Waals surface area contributed by atoms with Crippen LogP contribution in [0.3, 0.4) is 0 Å². The molecule has 0 atom stereocenters. The molecule has 0 aliphatic carbocycles. The van der Waals surface area contributed by atoms with Crippen molar-refractivity contribution in [3.05, 3.63) is 46.5 Å². The molecule has 0 unspecified atom stereocenters. The molecule has 0 amide bonds. The Morgan fingerprint density at radius 2 is 1.90 bits per heavy atom. The fourth-order valence-electron chi connectivity index (χ4n) is 1.55. The molecule has 20 heavy (non-hydrogen) atoms. The van der Waals surface area contributed by atoms with Crippen LogP contribution in [0.1, 0.15) is 0 Å². The average molecular weight is 313 g/mol. The number of sulfonamides is 1. The molecule has 2 rings (SSSR count). The van der Waals surface area contributed by atoms with Crippen molar-refractivity contribution in [1.29, 1.82) is 0 Å². The predicted molar refractivity (Wildman–Crippen MR) is 77.4 cm³/mol. The van der Waals surface area contributed by atoms with Crippen LogP contribution in [0.5, 0.6) is 0 Å². The molecular weight excluding hydrogens is 302 g/mol. The number of nitrogens with zero attached hydrogens (tertiary/aromatic N) is 2. The number of rotatable bonds is 4. The first-order chi connectivity index (χ1) is 9.34. The SMILES string of the molecule is CN(c1ccccc1)S(=O)(=O)c1cc([N+](=O)[O-])c(N)s1. The number of nitro groups is 1. The third-order valence-corrected chi connectivity index (χ3v) is 5.84. The van der Waals surface area contributed by atoms with Crippen LogP contribution in [0.4, 0.5) is 16.4 Å². The third kappa shape index (κ3) is 2.45. The lowest BCUT2D eigenvalue weighted by Crippen LogP contribution is -2.25. The van der Waals surface area contributed by atoms with E-state index >= 15 is 0 Å². The van der Waals surface area contributed by atoms with Gasteiger partial charge in [0.25, 0.3) is 10.0 Å². The monoisotopic (exact) mass is 313 g/mol. The summed E-state index contributed by atoms with van der Waals surface area (Å²) < 4.78 is 25.7. The van der Waals surface area contributed by atoms with Crippen LogP contribution in [0.2, 0.25) is 0 Å². The van der Waals surface area contributed by atoms with Gasteiger partial charge >= 0.3 is 5.69 Å². The zero-order chi connectivity index (χ0) is 14.9. The standard InChI is InChI=1S/C11H11N3O4S2/c1-13(8-5-3-2-4-6-8)20(17,18)10-7-9(14(15)16)11(12)19-10/h2-7H,12H2,1H3. The van der Waals surface area contributed by atoms with E-state index in [1.807, 2.05) is 0 Å². The minimum atomic E-state index is -3.86. The smallest absolute Gasteiger partial charge is 0.304 e. The van der Waals surface area contributed by atoms with Gasteiger partial charge in [-0.15, -0.1) is 0 Å². The van der Waals surface area contributed by atoms with E-state index in [1.54, 1.807) is 30.3 Å². The summed E-state index contributed by atoms with van der Waals surface area (Å²) in [5.74, 6) is 0. The summed E-state index contributed by atoms with van der Waals surface area (Å²) in [6, 6.07) is 9.40. The van der Waals surface area contributed by atoms with Crippen LogP contribution in [0.25, 0.3) is 0 Å². The quantitative estimate of drug-likeness (QED) is 0.687. The molecule has 0 saturated carbocycles. The minimum Gasteiger partial charge on any atom is -0.385 e. The lowest BCUT2D eigenvalue weighted by molar-refractivity contribution is -0.383. The minimum absolute atomic E-state index is 0.130. The zero-order valence-corrected chi connectivity index (χ0v) is 12.0. The Bertz CT molecular complexity index is 740. The van der Waals surface area contributed by atoms with Gasteiger partial charge in [0.1, 0.15) is 4.21 Å². The molecule has 2 aromatic rings. The Morgan fingerprint density at radius 3 is 2.40 bits per heavy atom.